The van der Waals surface area contributed by atoms with Crippen LogP contribution in [0.1, 0.15) is 41.3 Å². The van der Waals surface area contributed by atoms with Gasteiger partial charge in [-0.1, -0.05) is 35.4 Å². The lowest BCUT2D eigenvalue weighted by Gasteiger charge is -2.18. The fourth-order valence-electron chi connectivity index (χ4n) is 4.23. The van der Waals surface area contributed by atoms with Crippen molar-refractivity contribution in [1.29, 1.82) is 0 Å². The zero-order valence-electron chi connectivity index (χ0n) is 16.9. The van der Waals surface area contributed by atoms with Crippen molar-refractivity contribution in [3.63, 3.8) is 0 Å². The van der Waals surface area contributed by atoms with Crippen molar-refractivity contribution >= 4 is 29.1 Å². The monoisotopic (exact) mass is 388 g/mol. The highest BCUT2D eigenvalue weighted by atomic mass is 16.2. The SMILES string of the molecule is CC1=CC[C@@H]2C(=O)N(c3cccc(C(=O)Nc4ccc(C)cc4C)c3)C(=O)[C@H]2C1. The number of nitrogens with zero attached hydrogens (tertiary/aromatic N) is 1. The van der Waals surface area contributed by atoms with Gasteiger partial charge in [0.1, 0.15) is 0 Å². The molecule has 4 rings (SSSR count). The average molecular weight is 388 g/mol. The number of aryl methyl sites for hydroxylation is 2. The summed E-state index contributed by atoms with van der Waals surface area (Å²) in [6.45, 7) is 5.94. The van der Waals surface area contributed by atoms with Gasteiger partial charge in [-0.05, 0) is 63.4 Å². The predicted molar refractivity (Wildman–Crippen MR) is 113 cm³/mol. The van der Waals surface area contributed by atoms with Crippen LogP contribution in [0.25, 0.3) is 0 Å². The van der Waals surface area contributed by atoms with Gasteiger partial charge in [0.2, 0.25) is 11.8 Å². The molecule has 1 N–H and O–H groups in total. The summed E-state index contributed by atoms with van der Waals surface area (Å²) in [5, 5.41) is 2.91. The van der Waals surface area contributed by atoms with Crippen LogP contribution in [-0.4, -0.2) is 17.7 Å². The molecule has 5 nitrogen and oxygen atoms in total. The number of rotatable bonds is 3. The van der Waals surface area contributed by atoms with Crippen molar-refractivity contribution in [2.45, 2.75) is 33.6 Å². The van der Waals surface area contributed by atoms with Crippen LogP contribution in [0.15, 0.2) is 54.1 Å². The van der Waals surface area contributed by atoms with Crippen molar-refractivity contribution < 1.29 is 14.4 Å². The first-order valence-corrected chi connectivity index (χ1v) is 9.87. The van der Waals surface area contributed by atoms with Crippen molar-refractivity contribution in [2.75, 3.05) is 10.2 Å². The number of amides is 3. The molecule has 2 aromatic carbocycles. The molecule has 0 radical (unpaired) electrons. The van der Waals surface area contributed by atoms with E-state index in [0.717, 1.165) is 22.4 Å². The van der Waals surface area contributed by atoms with E-state index in [1.54, 1.807) is 24.3 Å². The van der Waals surface area contributed by atoms with E-state index in [1.807, 2.05) is 45.0 Å². The van der Waals surface area contributed by atoms with Gasteiger partial charge in [0.15, 0.2) is 0 Å². The van der Waals surface area contributed by atoms with Gasteiger partial charge < -0.3 is 5.32 Å². The Kier molecular flexibility index (Phi) is 4.82. The lowest BCUT2D eigenvalue weighted by atomic mass is 9.82. The maximum absolute atomic E-state index is 12.9. The van der Waals surface area contributed by atoms with Gasteiger partial charge in [0.05, 0.1) is 17.5 Å². The number of hydrogen-bond donors (Lipinski definition) is 1. The van der Waals surface area contributed by atoms with Crippen molar-refractivity contribution in [3.05, 3.63) is 70.8 Å². The third kappa shape index (κ3) is 3.48. The number of hydrogen-bond acceptors (Lipinski definition) is 3. The van der Waals surface area contributed by atoms with Crippen LogP contribution in [0.2, 0.25) is 0 Å². The van der Waals surface area contributed by atoms with Crippen LogP contribution in [0.5, 0.6) is 0 Å². The number of allylic oxidation sites excluding steroid dienone is 2. The molecular formula is C24H24N2O3. The van der Waals surface area contributed by atoms with Crippen molar-refractivity contribution in [2.24, 2.45) is 11.8 Å². The summed E-state index contributed by atoms with van der Waals surface area (Å²) in [7, 11) is 0. The molecule has 29 heavy (non-hydrogen) atoms. The van der Waals surface area contributed by atoms with E-state index in [4.69, 9.17) is 0 Å². The van der Waals surface area contributed by atoms with Crippen molar-refractivity contribution in [1.82, 2.24) is 0 Å². The van der Waals surface area contributed by atoms with Gasteiger partial charge >= 0.3 is 0 Å². The summed E-state index contributed by atoms with van der Waals surface area (Å²) in [5.41, 5.74) is 4.86. The molecule has 0 aromatic heterocycles. The summed E-state index contributed by atoms with van der Waals surface area (Å²) >= 11 is 0. The van der Waals surface area contributed by atoms with E-state index in [-0.39, 0.29) is 29.6 Å². The number of nitrogens with one attached hydrogen (secondary N) is 1. The Labute approximate surface area is 170 Å². The minimum absolute atomic E-state index is 0.167. The second-order valence-electron chi connectivity index (χ2n) is 8.04. The maximum atomic E-state index is 12.9. The molecule has 148 valence electrons. The normalized spacial score (nSPS) is 21.1. The predicted octanol–water partition coefficient (Wildman–Crippen LogP) is 4.40. The lowest BCUT2D eigenvalue weighted by Crippen LogP contribution is -2.31. The van der Waals surface area contributed by atoms with E-state index in [0.29, 0.717) is 24.1 Å². The number of fused-ring (bicyclic) bond motifs is 1. The van der Waals surface area contributed by atoms with E-state index in [9.17, 15) is 14.4 Å². The summed E-state index contributed by atoms with van der Waals surface area (Å²) in [6, 6.07) is 12.5. The van der Waals surface area contributed by atoms with E-state index in [2.05, 4.69) is 5.32 Å². The molecule has 0 saturated carbocycles. The maximum Gasteiger partial charge on any atom is 0.255 e. The fourth-order valence-corrected chi connectivity index (χ4v) is 4.23. The van der Waals surface area contributed by atoms with Gasteiger partial charge in [0, 0.05) is 11.3 Å². The van der Waals surface area contributed by atoms with Crippen LogP contribution < -0.4 is 10.2 Å². The molecule has 3 amide bonds. The number of imide groups is 1. The Morgan fingerprint density at radius 2 is 1.76 bits per heavy atom. The zero-order valence-corrected chi connectivity index (χ0v) is 16.9. The van der Waals surface area contributed by atoms with Crippen LogP contribution in [0, 0.1) is 25.7 Å². The third-order valence-corrected chi connectivity index (χ3v) is 5.82. The second-order valence-corrected chi connectivity index (χ2v) is 8.04. The molecule has 0 unspecified atom stereocenters. The molecule has 2 aliphatic rings. The minimum Gasteiger partial charge on any atom is -0.322 e. The van der Waals surface area contributed by atoms with Crippen molar-refractivity contribution in [3.8, 4) is 0 Å². The van der Waals surface area contributed by atoms with Gasteiger partial charge in [0.25, 0.3) is 5.91 Å². The number of carbonyl (C=O) groups is 3. The molecule has 5 heteroatoms. The fraction of sp³-hybridized carbons (Fsp3) is 0.292. The minimum atomic E-state index is -0.293. The second kappa shape index (κ2) is 7.32. The molecule has 1 fully saturated rings. The van der Waals surface area contributed by atoms with E-state index < -0.39 is 0 Å². The highest BCUT2D eigenvalue weighted by Gasteiger charge is 2.48. The first-order chi connectivity index (χ1) is 13.8. The van der Waals surface area contributed by atoms with Crippen LogP contribution in [-0.2, 0) is 9.59 Å². The Morgan fingerprint density at radius 3 is 2.52 bits per heavy atom. The average Bonchev–Trinajstić information content (AvgIpc) is 2.94. The Bertz CT molecular complexity index is 1050. The van der Waals surface area contributed by atoms with Gasteiger partial charge in [-0.2, -0.15) is 0 Å². The number of benzene rings is 2. The summed E-state index contributed by atoms with van der Waals surface area (Å²) in [4.78, 5) is 39.8. The smallest absolute Gasteiger partial charge is 0.255 e. The van der Waals surface area contributed by atoms with Crippen LogP contribution >= 0.6 is 0 Å². The zero-order chi connectivity index (χ0) is 20.7. The van der Waals surface area contributed by atoms with Gasteiger partial charge in [-0.3, -0.25) is 19.3 Å². The molecule has 2 aromatic rings. The van der Waals surface area contributed by atoms with E-state index >= 15 is 0 Å². The Balaban J connectivity index is 1.58. The molecule has 1 aliphatic heterocycles. The standard InChI is InChI=1S/C24H24N2O3/c1-14-8-10-21(16(3)11-14)25-22(27)17-5-4-6-18(13-17)26-23(28)19-9-7-15(2)12-20(19)24(26)29/h4-8,10-11,13,19-20H,9,12H2,1-3H3,(H,25,27)/t19-,20-/m0/s1. The van der Waals surface area contributed by atoms with Gasteiger partial charge in [-0.15, -0.1) is 0 Å². The highest BCUT2D eigenvalue weighted by molar-refractivity contribution is 6.22. The summed E-state index contributed by atoms with van der Waals surface area (Å²) in [5.74, 6) is -1.19. The third-order valence-electron chi connectivity index (χ3n) is 5.82. The molecule has 0 spiro atoms. The summed E-state index contributed by atoms with van der Waals surface area (Å²) < 4.78 is 0. The number of anilines is 2. The Morgan fingerprint density at radius 1 is 1.00 bits per heavy atom. The highest BCUT2D eigenvalue weighted by Crippen LogP contribution is 2.39. The van der Waals surface area contributed by atoms with Gasteiger partial charge in [-0.25, -0.2) is 0 Å². The lowest BCUT2D eigenvalue weighted by molar-refractivity contribution is -0.122. The molecular weight excluding hydrogens is 364 g/mol. The molecule has 2 atom stereocenters. The molecule has 0 bridgehead atoms. The molecule has 1 aliphatic carbocycles. The number of carbonyl (C=O) groups excluding carboxylic acids is 3. The summed E-state index contributed by atoms with van der Waals surface area (Å²) in [6.07, 6.45) is 3.27. The molecule has 1 heterocycles. The first-order valence-electron chi connectivity index (χ1n) is 9.87. The van der Waals surface area contributed by atoms with Crippen LogP contribution in [0.3, 0.4) is 0 Å². The Hall–Kier alpha value is -3.21. The largest absolute Gasteiger partial charge is 0.322 e. The van der Waals surface area contributed by atoms with Crippen LogP contribution in [0.4, 0.5) is 11.4 Å². The first kappa shape index (κ1) is 19.1. The molecule has 1 saturated heterocycles. The topological polar surface area (TPSA) is 66.5 Å². The van der Waals surface area contributed by atoms with E-state index in [1.165, 1.54) is 4.90 Å². The quantitative estimate of drug-likeness (QED) is 0.626.